The Kier molecular flexibility index (Phi) is 11.3. The minimum atomic E-state index is -1.29. The lowest BCUT2D eigenvalue weighted by Crippen LogP contribution is -2.58. The van der Waals surface area contributed by atoms with Crippen LogP contribution >= 0.6 is 0 Å². The quantitative estimate of drug-likeness (QED) is 0.162. The molecule has 2 aromatic rings. The molecule has 0 spiro atoms. The van der Waals surface area contributed by atoms with Crippen LogP contribution in [0.4, 0.5) is 0 Å². The molecule has 16 heteroatoms. The van der Waals surface area contributed by atoms with Gasteiger partial charge >= 0.3 is 0 Å². The van der Waals surface area contributed by atoms with Gasteiger partial charge in [-0.25, -0.2) is 0 Å². The molecule has 3 aliphatic heterocycles. The molecule has 0 aromatic heterocycles. The van der Waals surface area contributed by atoms with Crippen molar-refractivity contribution in [2.45, 2.75) is 152 Å². The smallest absolute Gasteiger partial charge is 0.202 e. The molecular weight excluding hydrogens is 734 g/mol. The minimum Gasteiger partial charge on any atom is -0.507 e. The highest BCUT2D eigenvalue weighted by Gasteiger charge is 2.48. The average Bonchev–Trinajstić information content (AvgIpc) is 3.12. The number of aliphatic hydroxyl groups excluding tert-OH is 3. The summed E-state index contributed by atoms with van der Waals surface area (Å²) in [5, 5.41) is 75.8. The third-order valence-corrected chi connectivity index (χ3v) is 12.1. The maximum atomic E-state index is 13.8. The molecule has 7 N–H and O–H groups in total. The van der Waals surface area contributed by atoms with E-state index in [1.54, 1.807) is 13.8 Å². The summed E-state index contributed by atoms with van der Waals surface area (Å²) in [6, 6.07) is 3.39. The van der Waals surface area contributed by atoms with E-state index in [1.807, 2.05) is 32.8 Å². The number of likely N-dealkylation sites (N-methyl/N-ethyl adjacent to an activating group) is 1. The highest BCUT2D eigenvalue weighted by atomic mass is 16.7. The number of phenolic OH excluding ortho intramolecular Hbond substituents is 3. The summed E-state index contributed by atoms with van der Waals surface area (Å²) >= 11 is 0. The zero-order chi connectivity index (χ0) is 40.5. The van der Waals surface area contributed by atoms with E-state index in [1.165, 1.54) is 6.07 Å². The second-order valence-corrected chi connectivity index (χ2v) is 16.2. The molecule has 0 radical (unpaired) electrons. The van der Waals surface area contributed by atoms with E-state index in [4.69, 9.17) is 28.4 Å². The molecule has 3 fully saturated rings. The first-order valence-electron chi connectivity index (χ1n) is 19.3. The lowest BCUT2D eigenvalue weighted by molar-refractivity contribution is -0.332. The minimum absolute atomic E-state index is 0.0420. The van der Waals surface area contributed by atoms with Crippen LogP contribution < -0.4 is 0 Å². The van der Waals surface area contributed by atoms with Gasteiger partial charge in [0.05, 0.1) is 58.9 Å². The SMILES string of the molecule is CCC1(O)Cc2cc3c(c(O)c2C(OC2CC(N(C)C)C(OC4CC(O)C(OC5CC(O)C(O)C(C)O5)C(C)O4)C(C)O2)C1)C(=O)c1c(O)ccc(O)c1C3=O. The number of aromatic hydroxyl groups is 3. The third kappa shape index (κ3) is 7.34. The van der Waals surface area contributed by atoms with Crippen LogP contribution in [-0.4, -0.2) is 146 Å². The van der Waals surface area contributed by atoms with Crippen LogP contribution in [0.2, 0.25) is 0 Å². The summed E-state index contributed by atoms with van der Waals surface area (Å²) in [6.45, 7) is 7.01. The van der Waals surface area contributed by atoms with Gasteiger partial charge in [-0.05, 0) is 65.0 Å². The zero-order valence-corrected chi connectivity index (χ0v) is 32.3. The van der Waals surface area contributed by atoms with Gasteiger partial charge in [-0.2, -0.15) is 0 Å². The van der Waals surface area contributed by atoms with Crippen molar-refractivity contribution in [1.29, 1.82) is 0 Å². The second kappa shape index (κ2) is 15.5. The maximum absolute atomic E-state index is 13.8. The van der Waals surface area contributed by atoms with Crippen molar-refractivity contribution >= 4 is 11.6 Å². The molecule has 14 unspecified atom stereocenters. The first kappa shape index (κ1) is 40.9. The molecule has 0 saturated carbocycles. The summed E-state index contributed by atoms with van der Waals surface area (Å²) in [5.74, 6) is -3.05. The number of hydrogen-bond donors (Lipinski definition) is 7. The van der Waals surface area contributed by atoms with Crippen molar-refractivity contribution in [3.8, 4) is 17.2 Å². The van der Waals surface area contributed by atoms with Crippen molar-refractivity contribution in [3.05, 3.63) is 51.6 Å². The molecule has 14 atom stereocenters. The normalized spacial score (nSPS) is 38.6. The Morgan fingerprint density at radius 1 is 0.768 bits per heavy atom. The molecular formula is C40H53NO15. The summed E-state index contributed by atoms with van der Waals surface area (Å²) < 4.78 is 37.4. The summed E-state index contributed by atoms with van der Waals surface area (Å²) in [5.41, 5.74) is -1.87. The Morgan fingerprint density at radius 3 is 1.91 bits per heavy atom. The van der Waals surface area contributed by atoms with Crippen molar-refractivity contribution < 1.29 is 73.8 Å². The molecule has 56 heavy (non-hydrogen) atoms. The molecule has 0 amide bonds. The monoisotopic (exact) mass is 787 g/mol. The number of nitrogens with zero attached hydrogens (tertiary/aromatic N) is 1. The molecule has 5 aliphatic rings. The molecule has 3 saturated heterocycles. The fourth-order valence-electron chi connectivity index (χ4n) is 8.97. The highest BCUT2D eigenvalue weighted by molar-refractivity contribution is 6.31. The number of benzene rings is 2. The fraction of sp³-hybridized carbons (Fsp3) is 0.650. The van der Waals surface area contributed by atoms with Crippen LogP contribution in [0.15, 0.2) is 18.2 Å². The lowest BCUT2D eigenvalue weighted by atomic mass is 9.73. The highest BCUT2D eigenvalue weighted by Crippen LogP contribution is 2.50. The Balaban J connectivity index is 1.08. The lowest BCUT2D eigenvalue weighted by Gasteiger charge is -2.47. The van der Waals surface area contributed by atoms with E-state index in [2.05, 4.69) is 0 Å². The van der Waals surface area contributed by atoms with E-state index in [0.29, 0.717) is 12.0 Å². The fourth-order valence-corrected chi connectivity index (χ4v) is 8.97. The molecule has 16 nitrogen and oxygen atoms in total. The van der Waals surface area contributed by atoms with Gasteiger partial charge in [-0.15, -0.1) is 0 Å². The number of phenols is 3. The first-order chi connectivity index (χ1) is 26.4. The van der Waals surface area contributed by atoms with Gasteiger partial charge in [0.1, 0.15) is 35.6 Å². The summed E-state index contributed by atoms with van der Waals surface area (Å²) in [7, 11) is 3.76. The van der Waals surface area contributed by atoms with E-state index in [9.17, 15) is 45.3 Å². The van der Waals surface area contributed by atoms with Crippen molar-refractivity contribution in [2.24, 2.45) is 0 Å². The molecule has 2 aromatic carbocycles. The number of aliphatic hydroxyl groups is 4. The molecule has 7 rings (SSSR count). The van der Waals surface area contributed by atoms with Crippen LogP contribution in [0.5, 0.6) is 17.2 Å². The van der Waals surface area contributed by atoms with E-state index < -0.39 is 114 Å². The largest absolute Gasteiger partial charge is 0.507 e. The standard InChI is InChI=1S/C40H53NO15/c1-7-40(50)14-19-10-20-31(37(49)33-23(43)9-8-22(42)32(33)35(20)47)36(48)30(19)26(15-40)54-27-11-21(41(5)6)38(17(3)52-27)55-29-13-25(45)39(18(4)53-29)56-28-12-24(44)34(46)16(2)51-28/h8-10,16-18,21,24-29,34,38-39,42-46,48,50H,7,11-15H2,1-6H3. The molecule has 3 heterocycles. The Labute approximate surface area is 324 Å². The van der Waals surface area contributed by atoms with Crippen LogP contribution in [0.3, 0.4) is 0 Å². The van der Waals surface area contributed by atoms with E-state index >= 15 is 0 Å². The third-order valence-electron chi connectivity index (χ3n) is 12.1. The van der Waals surface area contributed by atoms with E-state index in [-0.39, 0.29) is 60.4 Å². The molecule has 308 valence electrons. The number of hydrogen-bond acceptors (Lipinski definition) is 16. The van der Waals surface area contributed by atoms with Crippen molar-refractivity contribution in [1.82, 2.24) is 4.90 Å². The van der Waals surface area contributed by atoms with Gasteiger partial charge in [-0.1, -0.05) is 6.92 Å². The van der Waals surface area contributed by atoms with Gasteiger partial charge in [0.15, 0.2) is 24.7 Å². The number of rotatable bonds is 8. The second-order valence-electron chi connectivity index (χ2n) is 16.2. The average molecular weight is 788 g/mol. The first-order valence-corrected chi connectivity index (χ1v) is 19.3. The van der Waals surface area contributed by atoms with Crippen LogP contribution in [0.1, 0.15) is 109 Å². The maximum Gasteiger partial charge on any atom is 0.202 e. The van der Waals surface area contributed by atoms with Crippen LogP contribution in [0.25, 0.3) is 0 Å². The number of carbonyl (C=O) groups is 2. The Hall–Kier alpha value is -3.26. The van der Waals surface area contributed by atoms with Crippen LogP contribution in [0, 0.1) is 0 Å². The van der Waals surface area contributed by atoms with Gasteiger partial charge in [0.2, 0.25) is 5.78 Å². The number of ketones is 2. The van der Waals surface area contributed by atoms with Crippen LogP contribution in [-0.2, 0) is 34.8 Å². The molecule has 2 aliphatic carbocycles. The summed E-state index contributed by atoms with van der Waals surface area (Å²) in [6.07, 6.45) is -8.90. The number of ether oxygens (including phenoxy) is 6. The predicted molar refractivity (Wildman–Crippen MR) is 194 cm³/mol. The topological polar surface area (TPSA) is 234 Å². The predicted octanol–water partition coefficient (Wildman–Crippen LogP) is 1.91. The zero-order valence-electron chi connectivity index (χ0n) is 32.3. The van der Waals surface area contributed by atoms with Gasteiger partial charge in [-0.3, -0.25) is 9.59 Å². The number of carbonyl (C=O) groups excluding carboxylic acids is 2. The van der Waals surface area contributed by atoms with Gasteiger partial charge in [0.25, 0.3) is 0 Å². The molecule has 0 bridgehead atoms. The van der Waals surface area contributed by atoms with E-state index in [0.717, 1.165) is 12.1 Å². The van der Waals surface area contributed by atoms with Gasteiger partial charge < -0.3 is 69.1 Å². The number of fused-ring (bicyclic) bond motifs is 3. The van der Waals surface area contributed by atoms with Crippen molar-refractivity contribution in [3.63, 3.8) is 0 Å². The van der Waals surface area contributed by atoms with Crippen molar-refractivity contribution in [2.75, 3.05) is 14.1 Å². The Bertz CT molecular complexity index is 1810. The van der Waals surface area contributed by atoms with Gasteiger partial charge in [0, 0.05) is 49.3 Å². The Morgan fingerprint density at radius 2 is 1.32 bits per heavy atom. The summed E-state index contributed by atoms with van der Waals surface area (Å²) in [4.78, 5) is 29.4.